The van der Waals surface area contributed by atoms with Crippen LogP contribution in [-0.2, 0) is 17.8 Å². The van der Waals surface area contributed by atoms with Crippen LogP contribution in [0.3, 0.4) is 0 Å². The van der Waals surface area contributed by atoms with Gasteiger partial charge < -0.3 is 14.6 Å². The Kier molecular flexibility index (Phi) is 8.07. The summed E-state index contributed by atoms with van der Waals surface area (Å²) in [6.07, 6.45) is 7.01. The Morgan fingerprint density at radius 2 is 2.00 bits per heavy atom. The molecule has 1 aromatic heterocycles. The van der Waals surface area contributed by atoms with Gasteiger partial charge in [-0.3, -0.25) is 4.79 Å². The molecule has 0 bridgehead atoms. The topological polar surface area (TPSA) is 56.2 Å². The van der Waals surface area contributed by atoms with Crippen molar-refractivity contribution in [1.29, 1.82) is 0 Å². The normalized spacial score (nSPS) is 11.3. The second-order valence-electron chi connectivity index (χ2n) is 7.44. The van der Waals surface area contributed by atoms with Crippen molar-refractivity contribution in [3.05, 3.63) is 72.1 Å². The number of benzene rings is 2. The van der Waals surface area contributed by atoms with E-state index in [0.717, 1.165) is 49.3 Å². The number of nitrogens with zero attached hydrogens (tertiary/aromatic N) is 2. The van der Waals surface area contributed by atoms with E-state index in [0.29, 0.717) is 13.2 Å². The summed E-state index contributed by atoms with van der Waals surface area (Å²) in [5.41, 5.74) is 3.41. The molecule has 1 N–H and O–H groups in total. The Balaban J connectivity index is 1.53. The Hall–Kier alpha value is -3.08. The van der Waals surface area contributed by atoms with Gasteiger partial charge in [-0.2, -0.15) is 0 Å². The number of nitrogens with one attached hydrogen (secondary N) is 1. The second-order valence-corrected chi connectivity index (χ2v) is 7.44. The van der Waals surface area contributed by atoms with Crippen LogP contribution in [0.1, 0.15) is 37.6 Å². The van der Waals surface area contributed by atoms with Crippen LogP contribution in [0.4, 0.5) is 0 Å². The van der Waals surface area contributed by atoms with Crippen LogP contribution in [0.2, 0.25) is 0 Å². The van der Waals surface area contributed by atoms with E-state index in [1.807, 2.05) is 25.1 Å². The minimum absolute atomic E-state index is 0.0420. The molecule has 3 rings (SSSR count). The summed E-state index contributed by atoms with van der Waals surface area (Å²) in [7, 11) is 0. The van der Waals surface area contributed by atoms with Crippen LogP contribution in [0.25, 0.3) is 11.0 Å². The van der Waals surface area contributed by atoms with Gasteiger partial charge in [0.05, 0.1) is 17.6 Å². The maximum absolute atomic E-state index is 11.6. The zero-order valence-electron chi connectivity index (χ0n) is 17.9. The van der Waals surface area contributed by atoms with E-state index in [1.165, 1.54) is 11.1 Å². The van der Waals surface area contributed by atoms with Gasteiger partial charge in [0.15, 0.2) is 0 Å². The number of imidazole rings is 1. The molecule has 0 atom stereocenters. The van der Waals surface area contributed by atoms with E-state index in [2.05, 4.69) is 47.1 Å². The third-order valence-electron chi connectivity index (χ3n) is 4.96. The smallest absolute Gasteiger partial charge is 0.243 e. The van der Waals surface area contributed by atoms with Crippen LogP contribution >= 0.6 is 0 Å². The van der Waals surface area contributed by atoms with Gasteiger partial charge in [-0.05, 0) is 69.0 Å². The highest BCUT2D eigenvalue weighted by Gasteiger charge is 2.10. The first-order valence-electron chi connectivity index (χ1n) is 10.7. The van der Waals surface area contributed by atoms with Crippen molar-refractivity contribution in [1.82, 2.24) is 14.9 Å². The minimum atomic E-state index is -0.0420. The predicted octanol–water partition coefficient (Wildman–Crippen LogP) is 4.83. The van der Waals surface area contributed by atoms with Gasteiger partial charge in [0.1, 0.15) is 11.6 Å². The summed E-state index contributed by atoms with van der Waals surface area (Å²) in [6, 6.07) is 16.4. The highest BCUT2D eigenvalue weighted by molar-refractivity contribution is 5.87. The fourth-order valence-corrected chi connectivity index (χ4v) is 3.50. The molecule has 0 saturated heterocycles. The molecule has 0 radical (unpaired) electrons. The first-order valence-corrected chi connectivity index (χ1v) is 10.7. The third-order valence-corrected chi connectivity index (χ3v) is 4.96. The van der Waals surface area contributed by atoms with Crippen molar-refractivity contribution >= 4 is 16.9 Å². The van der Waals surface area contributed by atoms with Gasteiger partial charge in [-0.25, -0.2) is 4.98 Å². The highest BCUT2D eigenvalue weighted by Crippen LogP contribution is 2.18. The third kappa shape index (κ3) is 6.21. The van der Waals surface area contributed by atoms with Crippen LogP contribution in [-0.4, -0.2) is 28.6 Å². The first-order chi connectivity index (χ1) is 14.7. The lowest BCUT2D eigenvalue weighted by Gasteiger charge is -2.10. The van der Waals surface area contributed by atoms with Gasteiger partial charge in [0.25, 0.3) is 0 Å². The molecule has 0 fully saturated rings. The first kappa shape index (κ1) is 21.6. The van der Waals surface area contributed by atoms with E-state index < -0.39 is 0 Å². The van der Waals surface area contributed by atoms with Crippen molar-refractivity contribution < 1.29 is 9.53 Å². The number of aromatic nitrogens is 2. The number of ether oxygens (including phenoxy) is 1. The van der Waals surface area contributed by atoms with E-state index in [-0.39, 0.29) is 5.91 Å². The van der Waals surface area contributed by atoms with Crippen LogP contribution in [0.15, 0.2) is 60.7 Å². The van der Waals surface area contributed by atoms with Gasteiger partial charge in [-0.15, -0.1) is 0 Å². The number of amides is 1. The standard InChI is InChI=1S/C25H31N3O2/c1-3-10-25(29)26-16-9-15-24-27-22-13-4-5-14-23(22)28(24)17-6-7-18-30-21-12-8-11-20(2)19-21/h3-5,8,10-14,19H,6-7,9,15-18H2,1-2H3,(H,26,29)/b10-3-. The maximum atomic E-state index is 11.6. The number of hydrogen-bond acceptors (Lipinski definition) is 3. The van der Waals surface area contributed by atoms with Gasteiger partial charge in [0.2, 0.25) is 5.91 Å². The maximum Gasteiger partial charge on any atom is 0.243 e. The monoisotopic (exact) mass is 405 g/mol. The van der Waals surface area contributed by atoms with Gasteiger partial charge >= 0.3 is 0 Å². The molecule has 0 spiro atoms. The molecule has 0 unspecified atom stereocenters. The molecule has 0 aliphatic rings. The Bertz CT molecular complexity index is 991. The Labute approximate surface area is 178 Å². The summed E-state index contributed by atoms with van der Waals surface area (Å²) >= 11 is 0. The molecule has 1 amide bonds. The van der Waals surface area contributed by atoms with Crippen molar-refractivity contribution in [2.24, 2.45) is 0 Å². The van der Waals surface area contributed by atoms with E-state index >= 15 is 0 Å². The number of para-hydroxylation sites is 2. The van der Waals surface area contributed by atoms with Crippen LogP contribution in [0, 0.1) is 6.92 Å². The fraction of sp³-hybridized carbons (Fsp3) is 0.360. The molecule has 30 heavy (non-hydrogen) atoms. The Morgan fingerprint density at radius 3 is 2.83 bits per heavy atom. The van der Waals surface area contributed by atoms with Crippen LogP contribution < -0.4 is 10.1 Å². The number of hydrogen-bond donors (Lipinski definition) is 1. The molecule has 2 aromatic carbocycles. The molecule has 0 saturated carbocycles. The van der Waals surface area contributed by atoms with Crippen molar-refractivity contribution in [2.45, 2.75) is 46.1 Å². The molecule has 3 aromatic rings. The lowest BCUT2D eigenvalue weighted by Crippen LogP contribution is -2.22. The molecular weight excluding hydrogens is 374 g/mol. The fourth-order valence-electron chi connectivity index (χ4n) is 3.50. The molecule has 0 aliphatic heterocycles. The minimum Gasteiger partial charge on any atom is -0.494 e. The second kappa shape index (κ2) is 11.2. The Morgan fingerprint density at radius 1 is 1.13 bits per heavy atom. The number of carbonyl (C=O) groups is 1. The number of rotatable bonds is 11. The van der Waals surface area contributed by atoms with Gasteiger partial charge in [0, 0.05) is 19.5 Å². The molecule has 1 heterocycles. The summed E-state index contributed by atoms with van der Waals surface area (Å²) in [4.78, 5) is 16.4. The zero-order valence-corrected chi connectivity index (χ0v) is 17.9. The zero-order chi connectivity index (χ0) is 21.2. The molecule has 5 heteroatoms. The molecule has 5 nitrogen and oxygen atoms in total. The quantitative estimate of drug-likeness (QED) is 0.367. The van der Waals surface area contributed by atoms with Crippen LogP contribution in [0.5, 0.6) is 5.75 Å². The molecule has 158 valence electrons. The number of carbonyl (C=O) groups excluding carboxylic acids is 1. The summed E-state index contributed by atoms with van der Waals surface area (Å²) in [5.74, 6) is 1.97. The summed E-state index contributed by atoms with van der Waals surface area (Å²) in [5, 5.41) is 2.91. The molecule has 0 aliphatic carbocycles. The predicted molar refractivity (Wildman–Crippen MR) is 122 cm³/mol. The lowest BCUT2D eigenvalue weighted by molar-refractivity contribution is -0.116. The number of fused-ring (bicyclic) bond motifs is 1. The SMILES string of the molecule is C/C=C\C(=O)NCCCc1nc2ccccc2n1CCCCOc1cccc(C)c1. The molecular formula is C25H31N3O2. The van der Waals surface area contributed by atoms with E-state index in [1.54, 1.807) is 12.2 Å². The average Bonchev–Trinajstić information content (AvgIpc) is 3.09. The lowest BCUT2D eigenvalue weighted by atomic mass is 10.2. The van der Waals surface area contributed by atoms with E-state index in [9.17, 15) is 4.79 Å². The van der Waals surface area contributed by atoms with Crippen molar-refractivity contribution in [3.8, 4) is 5.75 Å². The number of allylic oxidation sites excluding steroid dienone is 1. The largest absolute Gasteiger partial charge is 0.494 e. The average molecular weight is 406 g/mol. The van der Waals surface area contributed by atoms with E-state index in [4.69, 9.17) is 9.72 Å². The number of aryl methyl sites for hydroxylation is 3. The van der Waals surface area contributed by atoms with Crippen molar-refractivity contribution in [2.75, 3.05) is 13.2 Å². The van der Waals surface area contributed by atoms with Crippen molar-refractivity contribution in [3.63, 3.8) is 0 Å². The number of unbranched alkanes of at least 4 members (excludes halogenated alkanes) is 1. The highest BCUT2D eigenvalue weighted by atomic mass is 16.5. The van der Waals surface area contributed by atoms with Gasteiger partial charge in [-0.1, -0.05) is 30.3 Å². The summed E-state index contributed by atoms with van der Waals surface area (Å²) in [6.45, 7) is 6.19. The summed E-state index contributed by atoms with van der Waals surface area (Å²) < 4.78 is 8.19.